The molecule has 0 fully saturated rings. The van der Waals surface area contributed by atoms with Gasteiger partial charge in [0.15, 0.2) is 11.0 Å². The zero-order valence-corrected chi connectivity index (χ0v) is 16.8. The van der Waals surface area contributed by atoms with Crippen molar-refractivity contribution in [2.45, 2.75) is 11.7 Å². The number of aromatic nitrogens is 3. The zero-order valence-electron chi connectivity index (χ0n) is 15.9. The summed E-state index contributed by atoms with van der Waals surface area (Å²) in [7, 11) is 1.73. The minimum atomic E-state index is -0.559. The molecule has 0 unspecified atom stereocenters. The maximum Gasteiger partial charge on any atom is 0.270 e. The van der Waals surface area contributed by atoms with Crippen molar-refractivity contribution in [2.75, 3.05) is 11.1 Å². The second kappa shape index (κ2) is 9.65. The molecule has 30 heavy (non-hydrogen) atoms. The Morgan fingerprint density at radius 1 is 1.13 bits per heavy atom. The van der Waals surface area contributed by atoms with Gasteiger partial charge in [-0.3, -0.25) is 19.7 Å². The third-order valence-electron chi connectivity index (χ3n) is 4.04. The molecule has 154 valence electrons. The van der Waals surface area contributed by atoms with Gasteiger partial charge in [0.1, 0.15) is 0 Å². The van der Waals surface area contributed by atoms with E-state index < -0.39 is 10.8 Å². The van der Waals surface area contributed by atoms with Crippen molar-refractivity contribution < 1.29 is 14.5 Å². The quantitative estimate of drug-likeness (QED) is 0.321. The van der Waals surface area contributed by atoms with Gasteiger partial charge < -0.3 is 15.2 Å². The predicted octanol–water partition coefficient (Wildman–Crippen LogP) is 2.38. The Morgan fingerprint density at radius 2 is 1.90 bits per heavy atom. The number of hydrogen-bond donors (Lipinski definition) is 2. The highest BCUT2D eigenvalue weighted by Gasteiger charge is 2.15. The van der Waals surface area contributed by atoms with Crippen LogP contribution >= 0.6 is 11.8 Å². The minimum absolute atomic E-state index is 0.0851. The lowest BCUT2D eigenvalue weighted by Gasteiger charge is -2.07. The molecule has 0 atom stereocenters. The smallest absolute Gasteiger partial charge is 0.270 e. The van der Waals surface area contributed by atoms with Crippen LogP contribution in [-0.4, -0.2) is 37.3 Å². The topological polar surface area (TPSA) is 132 Å². The van der Waals surface area contributed by atoms with Crippen molar-refractivity contribution in [2.24, 2.45) is 7.05 Å². The third kappa shape index (κ3) is 5.41. The van der Waals surface area contributed by atoms with Crippen molar-refractivity contribution in [1.29, 1.82) is 0 Å². The van der Waals surface area contributed by atoms with E-state index in [2.05, 4.69) is 20.8 Å². The van der Waals surface area contributed by atoms with Crippen molar-refractivity contribution in [3.05, 3.63) is 76.1 Å². The van der Waals surface area contributed by atoms with Gasteiger partial charge in [-0.2, -0.15) is 0 Å². The predicted molar refractivity (Wildman–Crippen MR) is 111 cm³/mol. The monoisotopic (exact) mass is 426 g/mol. The molecule has 10 nitrogen and oxygen atoms in total. The number of nitrogens with zero attached hydrogens (tertiary/aromatic N) is 4. The number of thioether (sulfide) groups is 1. The highest BCUT2D eigenvalue weighted by Crippen LogP contribution is 2.17. The number of para-hydroxylation sites is 1. The Kier molecular flexibility index (Phi) is 6.75. The van der Waals surface area contributed by atoms with Crippen LogP contribution < -0.4 is 10.6 Å². The SMILES string of the molecule is Cn1c(CNC(=O)c2cccc([N+](=O)[O-])c2)nnc1SCC(=O)Nc1ccccc1. The van der Waals surface area contributed by atoms with Crippen LogP contribution in [0.4, 0.5) is 11.4 Å². The van der Waals surface area contributed by atoms with E-state index in [-0.39, 0.29) is 29.5 Å². The minimum Gasteiger partial charge on any atom is -0.345 e. The van der Waals surface area contributed by atoms with E-state index in [9.17, 15) is 19.7 Å². The summed E-state index contributed by atoms with van der Waals surface area (Å²) < 4.78 is 1.67. The molecule has 2 N–H and O–H groups in total. The standard InChI is InChI=1S/C19H18N6O4S/c1-24-16(11-20-18(27)13-6-5-9-15(10-13)25(28)29)22-23-19(24)30-12-17(26)21-14-7-3-2-4-8-14/h2-10H,11-12H2,1H3,(H,20,27)(H,21,26). The normalized spacial score (nSPS) is 10.4. The molecule has 11 heteroatoms. The first-order valence-electron chi connectivity index (χ1n) is 8.82. The highest BCUT2D eigenvalue weighted by atomic mass is 32.2. The zero-order chi connectivity index (χ0) is 21.5. The number of amides is 2. The molecule has 0 saturated carbocycles. The molecule has 0 aliphatic carbocycles. The van der Waals surface area contributed by atoms with Crippen molar-refractivity contribution in [3.63, 3.8) is 0 Å². The fraction of sp³-hybridized carbons (Fsp3) is 0.158. The summed E-state index contributed by atoms with van der Waals surface area (Å²) in [5.74, 6) is 0.00795. The molecule has 3 aromatic rings. The van der Waals surface area contributed by atoms with Gasteiger partial charge in [0.05, 0.1) is 17.2 Å². The van der Waals surface area contributed by atoms with Gasteiger partial charge in [-0.1, -0.05) is 36.0 Å². The van der Waals surface area contributed by atoms with Gasteiger partial charge in [0.25, 0.3) is 11.6 Å². The second-order valence-corrected chi connectivity index (χ2v) is 7.09. The Balaban J connectivity index is 1.53. The van der Waals surface area contributed by atoms with Gasteiger partial charge in [0, 0.05) is 30.4 Å². The first kappa shape index (κ1) is 21.0. The van der Waals surface area contributed by atoms with Crippen molar-refractivity contribution in [1.82, 2.24) is 20.1 Å². The molecule has 0 spiro atoms. The van der Waals surface area contributed by atoms with Gasteiger partial charge in [-0.15, -0.1) is 10.2 Å². The van der Waals surface area contributed by atoms with E-state index in [0.717, 1.165) is 0 Å². The molecule has 2 aromatic carbocycles. The van der Waals surface area contributed by atoms with Gasteiger partial charge >= 0.3 is 0 Å². The van der Waals surface area contributed by atoms with Crippen LogP contribution in [-0.2, 0) is 18.4 Å². The number of hydrogen-bond acceptors (Lipinski definition) is 7. The van der Waals surface area contributed by atoms with Crippen LogP contribution in [0.1, 0.15) is 16.2 Å². The summed E-state index contributed by atoms with van der Waals surface area (Å²) in [6, 6.07) is 14.6. The third-order valence-corrected chi connectivity index (χ3v) is 5.06. The lowest BCUT2D eigenvalue weighted by molar-refractivity contribution is -0.384. The first-order chi connectivity index (χ1) is 14.4. The summed E-state index contributed by atoms with van der Waals surface area (Å²) in [6.07, 6.45) is 0. The highest BCUT2D eigenvalue weighted by molar-refractivity contribution is 7.99. The van der Waals surface area contributed by atoms with E-state index in [1.807, 2.05) is 18.2 Å². The van der Waals surface area contributed by atoms with E-state index >= 15 is 0 Å². The number of benzene rings is 2. The summed E-state index contributed by atoms with van der Waals surface area (Å²) in [5.41, 5.74) is 0.734. The molecular weight excluding hydrogens is 408 g/mol. The molecule has 1 aromatic heterocycles. The second-order valence-electron chi connectivity index (χ2n) is 6.15. The van der Waals surface area contributed by atoms with Gasteiger partial charge in [-0.25, -0.2) is 0 Å². The number of nitro groups is 1. The number of rotatable bonds is 8. The number of carbonyl (C=O) groups excluding carboxylic acids is 2. The Bertz CT molecular complexity index is 1070. The molecule has 0 aliphatic heterocycles. The first-order valence-corrected chi connectivity index (χ1v) is 9.81. The molecule has 3 rings (SSSR count). The number of carbonyl (C=O) groups is 2. The maximum absolute atomic E-state index is 12.3. The largest absolute Gasteiger partial charge is 0.345 e. The van der Waals surface area contributed by atoms with Crippen molar-refractivity contribution in [3.8, 4) is 0 Å². The molecular formula is C19H18N6O4S. The summed E-state index contributed by atoms with van der Waals surface area (Å²) in [5, 5.41) is 24.9. The number of anilines is 1. The summed E-state index contributed by atoms with van der Waals surface area (Å²) in [6.45, 7) is 0.0851. The van der Waals surface area contributed by atoms with Gasteiger partial charge in [-0.05, 0) is 18.2 Å². The summed E-state index contributed by atoms with van der Waals surface area (Å²) in [4.78, 5) is 34.6. The molecule has 2 amide bonds. The van der Waals surface area contributed by atoms with Crippen LogP contribution in [0.2, 0.25) is 0 Å². The Morgan fingerprint density at radius 3 is 2.63 bits per heavy atom. The van der Waals surface area contributed by atoms with Crippen LogP contribution in [0.3, 0.4) is 0 Å². The van der Waals surface area contributed by atoms with E-state index in [1.54, 1.807) is 23.7 Å². The van der Waals surface area contributed by atoms with E-state index in [4.69, 9.17) is 0 Å². The average Bonchev–Trinajstić information content (AvgIpc) is 3.10. The number of nitrogens with one attached hydrogen (secondary N) is 2. The Labute approximate surface area is 175 Å². The van der Waals surface area contributed by atoms with Crippen LogP contribution in [0.25, 0.3) is 0 Å². The molecule has 0 aliphatic rings. The van der Waals surface area contributed by atoms with E-state index in [0.29, 0.717) is 16.7 Å². The summed E-state index contributed by atoms with van der Waals surface area (Å²) >= 11 is 1.22. The van der Waals surface area contributed by atoms with E-state index in [1.165, 1.54) is 36.0 Å². The molecule has 1 heterocycles. The van der Waals surface area contributed by atoms with Crippen LogP contribution in [0, 0.1) is 10.1 Å². The van der Waals surface area contributed by atoms with Gasteiger partial charge in [0.2, 0.25) is 5.91 Å². The fourth-order valence-electron chi connectivity index (χ4n) is 2.50. The van der Waals surface area contributed by atoms with Crippen molar-refractivity contribution >= 4 is 35.0 Å². The lowest BCUT2D eigenvalue weighted by Crippen LogP contribution is -2.24. The molecule has 0 bridgehead atoms. The van der Waals surface area contributed by atoms with Crippen LogP contribution in [0.5, 0.6) is 0 Å². The fourth-order valence-corrected chi connectivity index (χ4v) is 3.23. The number of non-ortho nitro benzene ring substituents is 1. The molecule has 0 saturated heterocycles. The Hall–Kier alpha value is -3.73. The molecule has 0 radical (unpaired) electrons. The lowest BCUT2D eigenvalue weighted by atomic mass is 10.2. The number of nitro benzene ring substituents is 1. The average molecular weight is 426 g/mol. The van der Waals surface area contributed by atoms with Crippen LogP contribution in [0.15, 0.2) is 59.8 Å². The maximum atomic E-state index is 12.3.